The van der Waals surface area contributed by atoms with Gasteiger partial charge in [-0.2, -0.15) is 0 Å². The molecule has 0 aromatic carbocycles. The van der Waals surface area contributed by atoms with Gasteiger partial charge in [-0.3, -0.25) is 9.59 Å². The van der Waals surface area contributed by atoms with Crippen molar-refractivity contribution in [3.63, 3.8) is 0 Å². The van der Waals surface area contributed by atoms with E-state index in [2.05, 4.69) is 6.92 Å². The molecule has 0 fully saturated rings. The normalized spacial score (nSPS) is 12.9. The lowest BCUT2D eigenvalue weighted by molar-refractivity contribution is -0.154. The van der Waals surface area contributed by atoms with Gasteiger partial charge in [-0.25, -0.2) is 0 Å². The Kier molecular flexibility index (Phi) is 7.64. The maximum absolute atomic E-state index is 11.5. The summed E-state index contributed by atoms with van der Waals surface area (Å²) in [6, 6.07) is 0. The minimum atomic E-state index is -0.460. The van der Waals surface area contributed by atoms with Crippen LogP contribution in [0.3, 0.4) is 0 Å². The van der Waals surface area contributed by atoms with Gasteiger partial charge in [0.05, 0.1) is 12.0 Å². The summed E-state index contributed by atoms with van der Waals surface area (Å²) < 4.78 is 10.3. The summed E-state index contributed by atoms with van der Waals surface area (Å²) >= 11 is 0. The molecule has 1 unspecified atom stereocenters. The molecule has 0 heterocycles. The van der Waals surface area contributed by atoms with Crippen LogP contribution in [0.5, 0.6) is 0 Å². The lowest BCUT2D eigenvalue weighted by atomic mass is 9.97. The third-order valence-corrected chi connectivity index (χ3v) is 2.46. The van der Waals surface area contributed by atoms with E-state index in [4.69, 9.17) is 9.47 Å². The Morgan fingerprint density at radius 2 is 1.78 bits per heavy atom. The number of esters is 2. The van der Waals surface area contributed by atoms with Gasteiger partial charge in [0.25, 0.3) is 0 Å². The molecule has 0 N–H and O–H groups in total. The molecule has 18 heavy (non-hydrogen) atoms. The third-order valence-electron chi connectivity index (χ3n) is 2.46. The predicted octanol–water partition coefficient (Wildman–Crippen LogP) is 3.09. The second kappa shape index (κ2) is 8.11. The highest BCUT2D eigenvalue weighted by Gasteiger charge is 2.22. The van der Waals surface area contributed by atoms with Crippen molar-refractivity contribution in [3.8, 4) is 0 Å². The van der Waals surface area contributed by atoms with Gasteiger partial charge >= 0.3 is 11.9 Å². The van der Waals surface area contributed by atoms with Gasteiger partial charge in [0.1, 0.15) is 6.10 Å². The fourth-order valence-corrected chi connectivity index (χ4v) is 1.51. The number of carbonyl (C=O) groups is 2. The highest BCUT2D eigenvalue weighted by atomic mass is 16.5. The minimum Gasteiger partial charge on any atom is -0.465 e. The zero-order valence-electron chi connectivity index (χ0n) is 12.2. The molecule has 0 aliphatic carbocycles. The van der Waals surface area contributed by atoms with E-state index in [1.165, 1.54) is 6.92 Å². The van der Waals surface area contributed by atoms with E-state index in [0.29, 0.717) is 6.61 Å². The molecule has 0 aliphatic rings. The molecule has 0 aromatic rings. The molecule has 4 heteroatoms. The smallest absolute Gasteiger partial charge is 0.311 e. The Labute approximate surface area is 110 Å². The van der Waals surface area contributed by atoms with Gasteiger partial charge in [-0.1, -0.05) is 13.3 Å². The van der Waals surface area contributed by atoms with Gasteiger partial charge in [0.15, 0.2) is 0 Å². The van der Waals surface area contributed by atoms with Crippen molar-refractivity contribution in [2.24, 2.45) is 5.41 Å². The summed E-state index contributed by atoms with van der Waals surface area (Å²) in [5.74, 6) is -0.442. The minimum absolute atomic E-state index is 0.0548. The van der Waals surface area contributed by atoms with Crippen LogP contribution in [-0.4, -0.2) is 24.6 Å². The van der Waals surface area contributed by atoms with Crippen LogP contribution in [0.2, 0.25) is 0 Å². The molecule has 0 aliphatic heterocycles. The Balaban J connectivity index is 3.86. The van der Waals surface area contributed by atoms with Crippen LogP contribution >= 0.6 is 0 Å². The van der Waals surface area contributed by atoms with E-state index >= 15 is 0 Å². The molecule has 0 saturated heterocycles. The predicted molar refractivity (Wildman–Crippen MR) is 70.1 cm³/mol. The van der Waals surface area contributed by atoms with Crippen molar-refractivity contribution >= 4 is 11.9 Å². The second-order valence-electron chi connectivity index (χ2n) is 5.55. The maximum Gasteiger partial charge on any atom is 0.311 e. The fraction of sp³-hybridized carbons (Fsp3) is 0.857. The first-order valence-corrected chi connectivity index (χ1v) is 6.61. The number of rotatable bonds is 7. The number of hydrogen-bond acceptors (Lipinski definition) is 4. The van der Waals surface area contributed by atoms with Crippen LogP contribution < -0.4 is 0 Å². The Morgan fingerprint density at radius 1 is 1.17 bits per heavy atom. The van der Waals surface area contributed by atoms with Crippen LogP contribution in [-0.2, 0) is 19.1 Å². The Bertz CT molecular complexity index is 265. The Morgan fingerprint density at radius 3 is 2.22 bits per heavy atom. The van der Waals surface area contributed by atoms with Gasteiger partial charge in [0.2, 0.25) is 0 Å². The summed E-state index contributed by atoms with van der Waals surface area (Å²) in [5, 5.41) is 0. The standard InChI is InChI=1S/C14H26O4/c1-6-8-12(18-11(2)15)9-7-10-17-13(16)14(3,4)5/h12H,6-10H2,1-5H3. The maximum atomic E-state index is 11.5. The lowest BCUT2D eigenvalue weighted by Gasteiger charge is -2.18. The average molecular weight is 258 g/mol. The lowest BCUT2D eigenvalue weighted by Crippen LogP contribution is -2.24. The quantitative estimate of drug-likeness (QED) is 0.520. The van der Waals surface area contributed by atoms with Crippen LogP contribution in [0.4, 0.5) is 0 Å². The van der Waals surface area contributed by atoms with Crippen LogP contribution in [0.15, 0.2) is 0 Å². The first kappa shape index (κ1) is 16.9. The van der Waals surface area contributed by atoms with Gasteiger partial charge in [-0.15, -0.1) is 0 Å². The van der Waals surface area contributed by atoms with Crippen LogP contribution in [0.25, 0.3) is 0 Å². The molecule has 1 atom stereocenters. The fourth-order valence-electron chi connectivity index (χ4n) is 1.51. The molecule has 0 amide bonds. The van der Waals surface area contributed by atoms with Crippen LogP contribution in [0.1, 0.15) is 60.3 Å². The number of carbonyl (C=O) groups excluding carboxylic acids is 2. The van der Waals surface area contributed by atoms with Gasteiger partial charge in [-0.05, 0) is 40.0 Å². The van der Waals surface area contributed by atoms with Crippen molar-refractivity contribution < 1.29 is 19.1 Å². The molecule has 0 spiro atoms. The molecular formula is C14H26O4. The van der Waals surface area contributed by atoms with E-state index in [1.807, 2.05) is 20.8 Å². The largest absolute Gasteiger partial charge is 0.465 e. The van der Waals surface area contributed by atoms with Crippen molar-refractivity contribution in [1.82, 2.24) is 0 Å². The first-order valence-electron chi connectivity index (χ1n) is 6.61. The SMILES string of the molecule is CCCC(CCCOC(=O)C(C)(C)C)OC(C)=O. The van der Waals surface area contributed by atoms with Gasteiger partial charge in [0, 0.05) is 6.92 Å². The monoisotopic (exact) mass is 258 g/mol. The average Bonchev–Trinajstić information content (AvgIpc) is 2.21. The molecule has 106 valence electrons. The summed E-state index contributed by atoms with van der Waals surface area (Å²) in [6.45, 7) is 9.34. The van der Waals surface area contributed by atoms with Crippen molar-refractivity contribution in [2.75, 3.05) is 6.61 Å². The summed E-state index contributed by atoms with van der Waals surface area (Å²) in [4.78, 5) is 22.4. The van der Waals surface area contributed by atoms with E-state index in [9.17, 15) is 9.59 Å². The van der Waals surface area contributed by atoms with Crippen molar-refractivity contribution in [1.29, 1.82) is 0 Å². The zero-order valence-corrected chi connectivity index (χ0v) is 12.2. The highest BCUT2D eigenvalue weighted by molar-refractivity contribution is 5.75. The highest BCUT2D eigenvalue weighted by Crippen LogP contribution is 2.16. The molecule has 0 saturated carbocycles. The summed E-state index contributed by atoms with van der Waals surface area (Å²) in [5.41, 5.74) is -0.460. The molecule has 0 rings (SSSR count). The topological polar surface area (TPSA) is 52.6 Å². The van der Waals surface area contributed by atoms with Crippen molar-refractivity contribution in [2.45, 2.75) is 66.4 Å². The van der Waals surface area contributed by atoms with Gasteiger partial charge < -0.3 is 9.47 Å². The molecule has 0 bridgehead atoms. The molecule has 0 radical (unpaired) electrons. The Hall–Kier alpha value is -1.06. The van der Waals surface area contributed by atoms with E-state index in [1.54, 1.807) is 0 Å². The number of ether oxygens (including phenoxy) is 2. The summed E-state index contributed by atoms with van der Waals surface area (Å²) in [6.07, 6.45) is 3.23. The second-order valence-corrected chi connectivity index (χ2v) is 5.55. The molecular weight excluding hydrogens is 232 g/mol. The zero-order chi connectivity index (χ0) is 14.2. The molecule has 4 nitrogen and oxygen atoms in total. The van der Waals surface area contributed by atoms with Crippen LogP contribution in [0, 0.1) is 5.41 Å². The van der Waals surface area contributed by atoms with Crippen molar-refractivity contribution in [3.05, 3.63) is 0 Å². The van der Waals surface area contributed by atoms with E-state index in [-0.39, 0.29) is 18.0 Å². The van der Waals surface area contributed by atoms with E-state index < -0.39 is 5.41 Å². The third kappa shape index (κ3) is 8.09. The summed E-state index contributed by atoms with van der Waals surface area (Å²) in [7, 11) is 0. The van der Waals surface area contributed by atoms with E-state index in [0.717, 1.165) is 25.7 Å². The first-order chi connectivity index (χ1) is 8.27. The number of hydrogen-bond donors (Lipinski definition) is 0. The molecule has 0 aromatic heterocycles.